The Labute approximate surface area is 213 Å². The van der Waals surface area contributed by atoms with E-state index in [4.69, 9.17) is 11.5 Å². The van der Waals surface area contributed by atoms with E-state index in [1.165, 1.54) is 19.5 Å². The number of nitrogens with two attached hydrogens (primary N) is 2. The lowest BCUT2D eigenvalue weighted by Gasteiger charge is -2.20. The third-order valence-electron chi connectivity index (χ3n) is 5.44. The van der Waals surface area contributed by atoms with Crippen LogP contribution in [0.4, 0.5) is 29.5 Å². The molecule has 12 heteroatoms. The molecule has 200 valence electrons. The highest BCUT2D eigenvalue weighted by molar-refractivity contribution is 5.87. The zero-order valence-electron chi connectivity index (χ0n) is 20.6. The van der Waals surface area contributed by atoms with E-state index in [1.54, 1.807) is 30.3 Å². The molecule has 1 atom stereocenters. The maximum absolute atomic E-state index is 13.0. The number of halogens is 3. The average molecular weight is 521 g/mol. The fraction of sp³-hybridized carbons (Fsp3) is 0.320. The number of methoxy groups -OCH3 is 1. The molecule has 1 heterocycles. The lowest BCUT2D eigenvalue weighted by atomic mass is 9.99. The maximum atomic E-state index is 13.0. The Kier molecular flexibility index (Phi) is 10.8. The van der Waals surface area contributed by atoms with Crippen molar-refractivity contribution in [3.8, 4) is 0 Å². The molecule has 0 radical (unpaired) electrons. The number of carbonyl (C=O) groups is 2. The highest BCUT2D eigenvalue weighted by Crippen LogP contribution is 2.28. The first kappa shape index (κ1) is 29.0. The molecule has 1 aromatic heterocycles. The fourth-order valence-corrected chi connectivity index (χ4v) is 3.56. The topological polar surface area (TPSA) is 144 Å². The summed E-state index contributed by atoms with van der Waals surface area (Å²) in [5, 5.41) is 7.92. The van der Waals surface area contributed by atoms with Crippen molar-refractivity contribution in [3.63, 3.8) is 0 Å². The molecule has 0 saturated carbocycles. The Balaban J connectivity index is 2.22. The van der Waals surface area contributed by atoms with Gasteiger partial charge < -0.3 is 26.8 Å². The summed E-state index contributed by atoms with van der Waals surface area (Å²) in [4.78, 5) is 26.0. The summed E-state index contributed by atoms with van der Waals surface area (Å²) in [5.74, 6) is -0.467. The highest BCUT2D eigenvalue weighted by Gasteiger charge is 2.31. The van der Waals surface area contributed by atoms with E-state index in [-0.39, 0.29) is 25.3 Å². The summed E-state index contributed by atoms with van der Waals surface area (Å²) in [7, 11) is 1.24. The van der Waals surface area contributed by atoms with Crippen LogP contribution in [0.1, 0.15) is 29.5 Å². The summed E-state index contributed by atoms with van der Waals surface area (Å²) in [6, 6.07) is 8.61. The Hall–Kier alpha value is -4.22. The van der Waals surface area contributed by atoms with Gasteiger partial charge >= 0.3 is 12.3 Å². The number of carbonyl (C=O) groups excluding carboxylic acids is 2. The van der Waals surface area contributed by atoms with Crippen LogP contribution in [0.25, 0.3) is 11.3 Å². The van der Waals surface area contributed by atoms with Gasteiger partial charge in [0.05, 0.1) is 7.11 Å². The van der Waals surface area contributed by atoms with Gasteiger partial charge in [-0.15, -0.1) is 0 Å². The van der Waals surface area contributed by atoms with Crippen LogP contribution in [-0.4, -0.2) is 43.9 Å². The molecule has 9 nitrogen and oxygen atoms in total. The first-order valence-corrected chi connectivity index (χ1v) is 11.4. The first-order chi connectivity index (χ1) is 17.6. The largest absolute Gasteiger partial charge is 0.453 e. The summed E-state index contributed by atoms with van der Waals surface area (Å²) in [6.07, 6.45) is -0.811. The number of hydrogen-bond acceptors (Lipinski definition) is 7. The minimum absolute atomic E-state index is 0.0626. The summed E-state index contributed by atoms with van der Waals surface area (Å²) in [6.45, 7) is 2.07. The van der Waals surface area contributed by atoms with Crippen molar-refractivity contribution in [2.24, 2.45) is 17.4 Å². The van der Waals surface area contributed by atoms with E-state index >= 15 is 0 Å². The third-order valence-corrected chi connectivity index (χ3v) is 5.44. The number of nitrogens with zero attached hydrogens (tertiary/aromatic N) is 1. The molecule has 0 bridgehead atoms. The molecule has 37 heavy (non-hydrogen) atoms. The van der Waals surface area contributed by atoms with Gasteiger partial charge in [-0.25, -0.2) is 9.78 Å². The van der Waals surface area contributed by atoms with Crippen LogP contribution in [-0.2, 0) is 9.53 Å². The number of pyridine rings is 1. The molecule has 2 rings (SSSR count). The normalized spacial score (nSPS) is 13.0. The maximum Gasteiger partial charge on any atom is 0.412 e. The van der Waals surface area contributed by atoms with Crippen LogP contribution in [0.2, 0.25) is 0 Å². The number of alkyl halides is 3. The number of rotatable bonds is 12. The van der Waals surface area contributed by atoms with Crippen molar-refractivity contribution in [3.05, 3.63) is 65.5 Å². The molecule has 0 saturated heterocycles. The van der Waals surface area contributed by atoms with Gasteiger partial charge in [-0.2, -0.15) is 13.2 Å². The van der Waals surface area contributed by atoms with Crippen LogP contribution in [0, 0.1) is 12.8 Å². The van der Waals surface area contributed by atoms with Crippen LogP contribution in [0.5, 0.6) is 0 Å². The predicted octanol–water partition coefficient (Wildman–Crippen LogP) is 3.98. The second-order valence-corrected chi connectivity index (χ2v) is 8.22. The number of anilines is 2. The van der Waals surface area contributed by atoms with E-state index in [9.17, 15) is 22.8 Å². The minimum atomic E-state index is -4.32. The van der Waals surface area contributed by atoms with Crippen molar-refractivity contribution in [2.45, 2.75) is 25.9 Å². The minimum Gasteiger partial charge on any atom is -0.453 e. The van der Waals surface area contributed by atoms with E-state index in [1.807, 2.05) is 13.0 Å². The summed E-state index contributed by atoms with van der Waals surface area (Å²) < 4.78 is 43.5. The molecule has 2 amide bonds. The number of aromatic nitrogens is 1. The lowest BCUT2D eigenvalue weighted by Crippen LogP contribution is -2.26. The van der Waals surface area contributed by atoms with E-state index in [0.29, 0.717) is 34.5 Å². The second-order valence-electron chi connectivity index (χ2n) is 8.22. The number of benzene rings is 1. The van der Waals surface area contributed by atoms with Gasteiger partial charge in [-0.05, 0) is 66.3 Å². The molecule has 2 aromatic rings. The zero-order chi connectivity index (χ0) is 27.4. The fourth-order valence-electron chi connectivity index (χ4n) is 3.56. The zero-order valence-corrected chi connectivity index (χ0v) is 20.6. The quantitative estimate of drug-likeness (QED) is 0.162. The number of hydrogen-bond donors (Lipinski definition) is 5. The lowest BCUT2D eigenvalue weighted by molar-refractivity contribution is -0.143. The van der Waals surface area contributed by atoms with Gasteiger partial charge in [0, 0.05) is 48.9 Å². The number of nitrogens with one attached hydrogen (secondary N) is 3. The van der Waals surface area contributed by atoms with Crippen molar-refractivity contribution in [2.75, 3.05) is 30.8 Å². The van der Waals surface area contributed by atoms with Crippen LogP contribution < -0.4 is 27.4 Å². The Morgan fingerprint density at radius 2 is 2.00 bits per heavy atom. The standard InChI is InChI=1S/C25H31F3N6O3/c1-16-3-4-20(33-14-17(5-7-31-15-35)12-25(26,27)28)11-21(16)22(30)9-19(13-29)18-6-8-32-23(10-18)34-24(36)37-2/h3-4,6,8-11,13,15,17,33H,5,7,12,14,29-30H2,1-2H3,(H,31,35)(H,32,34,36)/b19-13+,22-9-. The van der Waals surface area contributed by atoms with Gasteiger partial charge in [0.2, 0.25) is 6.41 Å². The molecule has 0 aliphatic heterocycles. The van der Waals surface area contributed by atoms with Gasteiger partial charge in [0.1, 0.15) is 5.82 Å². The Bertz CT molecular complexity index is 1130. The number of allylic oxidation sites excluding steroid dienone is 2. The molecule has 1 aromatic carbocycles. The second kappa shape index (κ2) is 13.8. The average Bonchev–Trinajstić information content (AvgIpc) is 2.85. The van der Waals surface area contributed by atoms with Crippen LogP contribution in [0.15, 0.2) is 48.8 Å². The van der Waals surface area contributed by atoms with Crippen molar-refractivity contribution in [1.29, 1.82) is 0 Å². The van der Waals surface area contributed by atoms with E-state index < -0.39 is 24.6 Å². The molecule has 1 unspecified atom stereocenters. The smallest absolute Gasteiger partial charge is 0.412 e. The first-order valence-electron chi connectivity index (χ1n) is 11.4. The van der Waals surface area contributed by atoms with Gasteiger partial charge in [-0.3, -0.25) is 10.1 Å². The third kappa shape index (κ3) is 9.74. The number of aryl methyl sites for hydroxylation is 1. The van der Waals surface area contributed by atoms with Crippen molar-refractivity contribution in [1.82, 2.24) is 10.3 Å². The Morgan fingerprint density at radius 3 is 2.65 bits per heavy atom. The van der Waals surface area contributed by atoms with Crippen molar-refractivity contribution >= 4 is 35.3 Å². The van der Waals surface area contributed by atoms with Gasteiger partial charge in [-0.1, -0.05) is 6.07 Å². The molecule has 0 aliphatic carbocycles. The van der Waals surface area contributed by atoms with Crippen LogP contribution >= 0.6 is 0 Å². The Morgan fingerprint density at radius 1 is 1.24 bits per heavy atom. The molecule has 0 fully saturated rings. The summed E-state index contributed by atoms with van der Waals surface area (Å²) in [5.41, 5.74) is 15.9. The van der Waals surface area contributed by atoms with Gasteiger partial charge in [0.25, 0.3) is 0 Å². The molecule has 0 aliphatic rings. The number of amides is 2. The molecular formula is C25H31F3N6O3. The molecule has 0 spiro atoms. The number of ether oxygens (including phenoxy) is 1. The van der Waals surface area contributed by atoms with Crippen molar-refractivity contribution < 1.29 is 27.5 Å². The molecular weight excluding hydrogens is 489 g/mol. The van der Waals surface area contributed by atoms with E-state index in [2.05, 4.69) is 25.7 Å². The predicted molar refractivity (Wildman–Crippen MR) is 137 cm³/mol. The highest BCUT2D eigenvalue weighted by atomic mass is 19.4. The SMILES string of the molecule is COC(=O)Nc1cc(C(/C=C(\N)c2cc(NCC(CCNC=O)CC(F)(F)F)ccc2C)=C/N)ccn1. The van der Waals surface area contributed by atoms with Crippen LogP contribution in [0.3, 0.4) is 0 Å². The monoisotopic (exact) mass is 520 g/mol. The molecule has 7 N–H and O–H groups in total. The van der Waals surface area contributed by atoms with E-state index in [0.717, 1.165) is 5.56 Å². The summed E-state index contributed by atoms with van der Waals surface area (Å²) >= 11 is 0. The van der Waals surface area contributed by atoms with Gasteiger partial charge in [0.15, 0.2) is 0 Å².